The molecule has 0 atom stereocenters. The molecule has 0 saturated carbocycles. The number of aromatic amines is 1. The third-order valence-corrected chi connectivity index (χ3v) is 5.06. The van der Waals surface area contributed by atoms with Crippen molar-refractivity contribution >= 4 is 11.0 Å². The van der Waals surface area contributed by atoms with Gasteiger partial charge in [0.1, 0.15) is 5.82 Å². The van der Waals surface area contributed by atoms with E-state index in [1.807, 2.05) is 24.3 Å². The first-order valence-corrected chi connectivity index (χ1v) is 9.21. The standard InChI is InChI=1S/C21H18N6O/c28-21-16-6-10-27(12-15-3-1-5-17-19(15)24-9-8-23-17)13-18(16)25-20(26-21)14-4-2-7-22-11-14/h1-5,7-9,11H,6,10,12-13H2,(H,25,26,28). The number of rotatable bonds is 3. The summed E-state index contributed by atoms with van der Waals surface area (Å²) < 4.78 is 0. The Morgan fingerprint density at radius 2 is 2.00 bits per heavy atom. The largest absolute Gasteiger partial charge is 0.306 e. The number of nitrogens with one attached hydrogen (secondary N) is 1. The van der Waals surface area contributed by atoms with Crippen LogP contribution >= 0.6 is 0 Å². The van der Waals surface area contributed by atoms with Crippen LogP contribution in [0.1, 0.15) is 16.8 Å². The third kappa shape index (κ3) is 3.05. The average molecular weight is 370 g/mol. The normalized spacial score (nSPS) is 14.1. The molecule has 1 aromatic carbocycles. The summed E-state index contributed by atoms with van der Waals surface area (Å²) in [4.78, 5) is 35.5. The molecule has 1 aliphatic rings. The van der Waals surface area contributed by atoms with Gasteiger partial charge in [-0.05, 0) is 30.2 Å². The molecule has 0 fully saturated rings. The molecule has 1 N–H and O–H groups in total. The monoisotopic (exact) mass is 370 g/mol. The van der Waals surface area contributed by atoms with Crippen LogP contribution in [0.5, 0.6) is 0 Å². The van der Waals surface area contributed by atoms with Gasteiger partial charge in [0.15, 0.2) is 0 Å². The van der Waals surface area contributed by atoms with Gasteiger partial charge in [0.05, 0.1) is 16.7 Å². The number of pyridine rings is 1. The number of benzene rings is 1. The zero-order chi connectivity index (χ0) is 18.9. The number of nitrogens with zero attached hydrogens (tertiary/aromatic N) is 5. The third-order valence-electron chi connectivity index (χ3n) is 5.06. The maximum atomic E-state index is 12.5. The van der Waals surface area contributed by atoms with Gasteiger partial charge in [0.2, 0.25) is 0 Å². The Morgan fingerprint density at radius 1 is 1.07 bits per heavy atom. The van der Waals surface area contributed by atoms with E-state index in [0.717, 1.165) is 46.5 Å². The number of aromatic nitrogens is 5. The summed E-state index contributed by atoms with van der Waals surface area (Å²) in [6, 6.07) is 9.79. The van der Waals surface area contributed by atoms with Crippen molar-refractivity contribution < 1.29 is 0 Å². The van der Waals surface area contributed by atoms with Crippen molar-refractivity contribution in [3.8, 4) is 11.4 Å². The lowest BCUT2D eigenvalue weighted by Gasteiger charge is -2.28. The Bertz CT molecular complexity index is 1200. The van der Waals surface area contributed by atoms with Crippen molar-refractivity contribution in [3.63, 3.8) is 0 Å². The molecule has 4 heterocycles. The van der Waals surface area contributed by atoms with Crippen LogP contribution in [0, 0.1) is 0 Å². The van der Waals surface area contributed by atoms with Crippen molar-refractivity contribution in [2.24, 2.45) is 0 Å². The highest BCUT2D eigenvalue weighted by atomic mass is 16.1. The van der Waals surface area contributed by atoms with Crippen LogP contribution in [0.2, 0.25) is 0 Å². The van der Waals surface area contributed by atoms with Crippen LogP contribution in [0.4, 0.5) is 0 Å². The summed E-state index contributed by atoms with van der Waals surface area (Å²) >= 11 is 0. The lowest BCUT2D eigenvalue weighted by atomic mass is 10.0. The van der Waals surface area contributed by atoms with Crippen LogP contribution in [-0.2, 0) is 19.5 Å². The van der Waals surface area contributed by atoms with E-state index in [4.69, 9.17) is 4.98 Å². The van der Waals surface area contributed by atoms with E-state index in [1.54, 1.807) is 24.8 Å². The van der Waals surface area contributed by atoms with E-state index < -0.39 is 0 Å². The molecule has 0 amide bonds. The van der Waals surface area contributed by atoms with E-state index in [9.17, 15) is 4.79 Å². The highest BCUT2D eigenvalue weighted by Crippen LogP contribution is 2.21. The summed E-state index contributed by atoms with van der Waals surface area (Å²) in [7, 11) is 0. The molecule has 0 radical (unpaired) electrons. The van der Waals surface area contributed by atoms with Crippen molar-refractivity contribution in [1.29, 1.82) is 0 Å². The van der Waals surface area contributed by atoms with E-state index in [2.05, 4.69) is 30.9 Å². The molecule has 3 aromatic heterocycles. The quantitative estimate of drug-likeness (QED) is 0.596. The van der Waals surface area contributed by atoms with E-state index in [0.29, 0.717) is 18.8 Å². The van der Waals surface area contributed by atoms with Gasteiger partial charge in [-0.25, -0.2) is 4.98 Å². The molecule has 7 nitrogen and oxygen atoms in total. The van der Waals surface area contributed by atoms with E-state index >= 15 is 0 Å². The first-order chi connectivity index (χ1) is 13.8. The maximum absolute atomic E-state index is 12.5. The maximum Gasteiger partial charge on any atom is 0.254 e. The molecule has 1 aliphatic heterocycles. The minimum Gasteiger partial charge on any atom is -0.306 e. The fourth-order valence-corrected chi connectivity index (χ4v) is 3.69. The highest BCUT2D eigenvalue weighted by molar-refractivity contribution is 5.77. The zero-order valence-electron chi connectivity index (χ0n) is 15.2. The first-order valence-electron chi connectivity index (χ1n) is 9.21. The summed E-state index contributed by atoms with van der Waals surface area (Å²) in [5.74, 6) is 0.565. The number of hydrogen-bond acceptors (Lipinski definition) is 6. The summed E-state index contributed by atoms with van der Waals surface area (Å²) in [6.07, 6.45) is 7.52. The van der Waals surface area contributed by atoms with Gasteiger partial charge in [-0.1, -0.05) is 12.1 Å². The van der Waals surface area contributed by atoms with Gasteiger partial charge >= 0.3 is 0 Å². The molecule has 0 aliphatic carbocycles. The van der Waals surface area contributed by atoms with Crippen LogP contribution in [-0.4, -0.2) is 36.4 Å². The van der Waals surface area contributed by atoms with Gasteiger partial charge in [0.25, 0.3) is 5.56 Å². The summed E-state index contributed by atoms with van der Waals surface area (Å²) in [5, 5.41) is 0. The Balaban J connectivity index is 1.46. The van der Waals surface area contributed by atoms with Crippen LogP contribution in [0.15, 0.2) is 59.9 Å². The van der Waals surface area contributed by atoms with Crippen LogP contribution in [0.3, 0.4) is 0 Å². The smallest absolute Gasteiger partial charge is 0.254 e. The molecule has 7 heteroatoms. The van der Waals surface area contributed by atoms with Gasteiger partial charge in [-0.3, -0.25) is 24.6 Å². The van der Waals surface area contributed by atoms with Crippen molar-refractivity contribution in [2.75, 3.05) is 6.54 Å². The van der Waals surface area contributed by atoms with Gasteiger partial charge in [0, 0.05) is 55.5 Å². The van der Waals surface area contributed by atoms with Crippen LogP contribution < -0.4 is 5.56 Å². The molecule has 28 heavy (non-hydrogen) atoms. The molecule has 0 saturated heterocycles. The molecular formula is C21H18N6O. The lowest BCUT2D eigenvalue weighted by molar-refractivity contribution is 0.241. The fourth-order valence-electron chi connectivity index (χ4n) is 3.69. The van der Waals surface area contributed by atoms with Crippen molar-refractivity contribution in [3.05, 3.63) is 82.3 Å². The number of para-hydroxylation sites is 1. The van der Waals surface area contributed by atoms with Crippen LogP contribution in [0.25, 0.3) is 22.4 Å². The first kappa shape index (κ1) is 16.7. The molecule has 138 valence electrons. The predicted octanol–water partition coefficient (Wildman–Crippen LogP) is 2.33. The summed E-state index contributed by atoms with van der Waals surface area (Å²) in [6.45, 7) is 2.18. The van der Waals surface area contributed by atoms with Crippen molar-refractivity contribution in [1.82, 2.24) is 29.8 Å². The predicted molar refractivity (Wildman–Crippen MR) is 105 cm³/mol. The molecule has 0 unspecified atom stereocenters. The topological polar surface area (TPSA) is 87.7 Å². The highest BCUT2D eigenvalue weighted by Gasteiger charge is 2.22. The summed E-state index contributed by atoms with van der Waals surface area (Å²) in [5.41, 5.74) is 5.31. The van der Waals surface area contributed by atoms with E-state index in [1.165, 1.54) is 0 Å². The SMILES string of the molecule is O=c1[nH]c(-c2cccnc2)nc2c1CCN(Cc1cccc3nccnc13)C2. The fraction of sp³-hybridized carbons (Fsp3) is 0.190. The number of hydrogen-bond donors (Lipinski definition) is 1. The Labute approximate surface area is 161 Å². The Morgan fingerprint density at radius 3 is 2.89 bits per heavy atom. The second-order valence-corrected chi connectivity index (χ2v) is 6.88. The molecule has 5 rings (SSSR count). The van der Waals surface area contributed by atoms with Gasteiger partial charge in [-0.15, -0.1) is 0 Å². The minimum absolute atomic E-state index is 0.0560. The molecular weight excluding hydrogens is 352 g/mol. The van der Waals surface area contributed by atoms with Gasteiger partial charge < -0.3 is 4.98 Å². The minimum atomic E-state index is -0.0560. The molecule has 4 aromatic rings. The zero-order valence-corrected chi connectivity index (χ0v) is 15.2. The molecule has 0 spiro atoms. The Kier molecular flexibility index (Phi) is 4.14. The van der Waals surface area contributed by atoms with Gasteiger partial charge in [-0.2, -0.15) is 0 Å². The Hall–Kier alpha value is -3.45. The second kappa shape index (κ2) is 6.94. The lowest BCUT2D eigenvalue weighted by Crippen LogP contribution is -2.35. The second-order valence-electron chi connectivity index (χ2n) is 6.88. The number of H-pyrrole nitrogens is 1. The van der Waals surface area contributed by atoms with Crippen molar-refractivity contribution in [2.45, 2.75) is 19.5 Å². The molecule has 0 bridgehead atoms. The van der Waals surface area contributed by atoms with E-state index in [-0.39, 0.29) is 5.56 Å². The average Bonchev–Trinajstić information content (AvgIpc) is 2.74. The number of fused-ring (bicyclic) bond motifs is 2.